The van der Waals surface area contributed by atoms with Crippen molar-refractivity contribution in [3.05, 3.63) is 53.5 Å². The second-order valence-corrected chi connectivity index (χ2v) is 6.03. The number of ether oxygens (including phenoxy) is 1. The molecule has 0 spiro atoms. The number of carbonyl (C=O) groups is 2. The lowest BCUT2D eigenvalue weighted by molar-refractivity contribution is -0.137. The number of hydrogen-bond donors (Lipinski definition) is 2. The minimum Gasteiger partial charge on any atom is -0.494 e. The van der Waals surface area contributed by atoms with Crippen LogP contribution >= 0.6 is 0 Å². The fourth-order valence-electron chi connectivity index (χ4n) is 2.35. The van der Waals surface area contributed by atoms with Crippen LogP contribution in [-0.2, 0) is 11.3 Å². The monoisotopic (exact) mass is 345 g/mol. The van der Waals surface area contributed by atoms with Gasteiger partial charge >= 0.3 is 5.97 Å². The van der Waals surface area contributed by atoms with Crippen molar-refractivity contribution in [1.82, 2.24) is 5.32 Å². The van der Waals surface area contributed by atoms with Crippen LogP contribution in [0.2, 0.25) is 0 Å². The molecule has 0 radical (unpaired) electrons. The molecule has 0 saturated carbocycles. The van der Waals surface area contributed by atoms with Gasteiger partial charge in [-0.2, -0.15) is 0 Å². The van der Waals surface area contributed by atoms with E-state index in [1.807, 2.05) is 26.0 Å². The van der Waals surface area contributed by atoms with Crippen molar-refractivity contribution in [2.24, 2.45) is 0 Å². The van der Waals surface area contributed by atoms with Crippen molar-refractivity contribution >= 4 is 11.9 Å². The van der Waals surface area contributed by atoms with Gasteiger partial charge in [0.1, 0.15) is 11.5 Å². The third-order valence-electron chi connectivity index (χ3n) is 3.64. The standard InChI is InChI=1S/C19H23NO5/c1-13(2)18-16(9-11-25-18)19(23)20-12-14-5-7-15(8-6-14)24-10-3-4-17(21)22/h5-9,11,13H,3-4,10,12H2,1-2H3,(H,20,23)(H,21,22). The quantitative estimate of drug-likeness (QED) is 0.678. The van der Waals surface area contributed by atoms with E-state index in [1.54, 1.807) is 18.2 Å². The molecule has 0 fully saturated rings. The zero-order valence-corrected chi connectivity index (χ0v) is 14.5. The first-order valence-corrected chi connectivity index (χ1v) is 8.26. The van der Waals surface area contributed by atoms with Crippen molar-refractivity contribution in [3.8, 4) is 5.75 Å². The SMILES string of the molecule is CC(C)c1occc1C(=O)NCc1ccc(OCCCC(=O)O)cc1. The summed E-state index contributed by atoms with van der Waals surface area (Å²) in [5.41, 5.74) is 1.51. The Morgan fingerprint density at radius 3 is 2.56 bits per heavy atom. The van der Waals surface area contributed by atoms with E-state index in [-0.39, 0.29) is 18.2 Å². The molecule has 0 unspecified atom stereocenters. The maximum atomic E-state index is 12.3. The van der Waals surface area contributed by atoms with Gasteiger partial charge in [0.25, 0.3) is 5.91 Å². The van der Waals surface area contributed by atoms with Crippen LogP contribution in [0.4, 0.5) is 0 Å². The summed E-state index contributed by atoms with van der Waals surface area (Å²) in [5, 5.41) is 11.4. The molecular formula is C19H23NO5. The predicted molar refractivity (Wildman–Crippen MR) is 92.8 cm³/mol. The Morgan fingerprint density at radius 1 is 1.20 bits per heavy atom. The maximum Gasteiger partial charge on any atom is 0.303 e. The van der Waals surface area contributed by atoms with E-state index in [0.717, 1.165) is 5.56 Å². The Bertz CT molecular complexity index is 703. The zero-order valence-electron chi connectivity index (χ0n) is 14.5. The summed E-state index contributed by atoms with van der Waals surface area (Å²) in [6.07, 6.45) is 2.09. The molecule has 0 bridgehead atoms. The van der Waals surface area contributed by atoms with E-state index in [9.17, 15) is 9.59 Å². The molecule has 134 valence electrons. The highest BCUT2D eigenvalue weighted by Crippen LogP contribution is 2.20. The number of rotatable bonds is 9. The summed E-state index contributed by atoms with van der Waals surface area (Å²) in [6, 6.07) is 9.02. The highest BCUT2D eigenvalue weighted by molar-refractivity contribution is 5.95. The molecule has 2 aromatic rings. The smallest absolute Gasteiger partial charge is 0.303 e. The van der Waals surface area contributed by atoms with Gasteiger partial charge in [-0.3, -0.25) is 9.59 Å². The van der Waals surface area contributed by atoms with Gasteiger partial charge in [-0.05, 0) is 30.2 Å². The molecule has 0 aliphatic carbocycles. The molecular weight excluding hydrogens is 322 g/mol. The number of carbonyl (C=O) groups excluding carboxylic acids is 1. The lowest BCUT2D eigenvalue weighted by Gasteiger charge is -2.09. The van der Waals surface area contributed by atoms with Crippen LogP contribution in [0.3, 0.4) is 0 Å². The van der Waals surface area contributed by atoms with Gasteiger partial charge in [0.05, 0.1) is 18.4 Å². The summed E-state index contributed by atoms with van der Waals surface area (Å²) < 4.78 is 10.8. The molecule has 6 nitrogen and oxygen atoms in total. The van der Waals surface area contributed by atoms with Crippen molar-refractivity contribution in [2.75, 3.05) is 6.61 Å². The molecule has 0 aliphatic heterocycles. The highest BCUT2D eigenvalue weighted by Gasteiger charge is 2.16. The second kappa shape index (κ2) is 8.92. The van der Waals surface area contributed by atoms with Gasteiger partial charge in [0, 0.05) is 18.9 Å². The summed E-state index contributed by atoms with van der Waals surface area (Å²) in [7, 11) is 0. The van der Waals surface area contributed by atoms with Crippen LogP contribution in [0.5, 0.6) is 5.75 Å². The van der Waals surface area contributed by atoms with Crippen LogP contribution in [0.15, 0.2) is 41.0 Å². The van der Waals surface area contributed by atoms with Gasteiger partial charge in [0.2, 0.25) is 0 Å². The summed E-state index contributed by atoms with van der Waals surface area (Å²) >= 11 is 0. The molecule has 25 heavy (non-hydrogen) atoms. The van der Waals surface area contributed by atoms with E-state index in [4.69, 9.17) is 14.3 Å². The van der Waals surface area contributed by atoms with Gasteiger partial charge in [0.15, 0.2) is 0 Å². The van der Waals surface area contributed by atoms with E-state index >= 15 is 0 Å². The molecule has 2 rings (SSSR count). The fraction of sp³-hybridized carbons (Fsp3) is 0.368. The maximum absolute atomic E-state index is 12.3. The lowest BCUT2D eigenvalue weighted by atomic mass is 10.1. The summed E-state index contributed by atoms with van der Waals surface area (Å²) in [4.78, 5) is 22.7. The Morgan fingerprint density at radius 2 is 1.92 bits per heavy atom. The number of furan rings is 1. The molecule has 1 amide bonds. The van der Waals surface area contributed by atoms with Crippen LogP contribution in [0, 0.1) is 0 Å². The molecule has 6 heteroatoms. The number of aliphatic carboxylic acids is 1. The van der Waals surface area contributed by atoms with Crippen molar-refractivity contribution < 1.29 is 23.8 Å². The van der Waals surface area contributed by atoms with Gasteiger partial charge in [-0.15, -0.1) is 0 Å². The molecule has 1 aromatic heterocycles. The van der Waals surface area contributed by atoms with Gasteiger partial charge < -0.3 is 19.6 Å². The first kappa shape index (κ1) is 18.6. The highest BCUT2D eigenvalue weighted by atomic mass is 16.5. The minimum absolute atomic E-state index is 0.0937. The first-order valence-electron chi connectivity index (χ1n) is 8.26. The summed E-state index contributed by atoms with van der Waals surface area (Å²) in [5.74, 6) is 0.521. The molecule has 0 saturated heterocycles. The minimum atomic E-state index is -0.826. The van der Waals surface area contributed by atoms with Crippen LogP contribution in [-0.4, -0.2) is 23.6 Å². The first-order chi connectivity index (χ1) is 12.0. The average Bonchev–Trinajstić information content (AvgIpc) is 3.07. The number of benzene rings is 1. The summed E-state index contributed by atoms with van der Waals surface area (Å²) in [6.45, 7) is 4.72. The number of carboxylic acids is 1. The largest absolute Gasteiger partial charge is 0.494 e. The zero-order chi connectivity index (χ0) is 18.2. The Kier molecular flexibility index (Phi) is 6.62. The molecule has 2 N–H and O–H groups in total. The molecule has 1 heterocycles. The third kappa shape index (κ3) is 5.67. The number of carboxylic acid groups (broad SMARTS) is 1. The van der Waals surface area contributed by atoms with Crippen LogP contribution in [0.25, 0.3) is 0 Å². The van der Waals surface area contributed by atoms with E-state index < -0.39 is 5.97 Å². The van der Waals surface area contributed by atoms with E-state index in [1.165, 1.54) is 6.26 Å². The Balaban J connectivity index is 1.82. The molecule has 0 aliphatic rings. The van der Waals surface area contributed by atoms with Crippen molar-refractivity contribution in [2.45, 2.75) is 39.2 Å². The van der Waals surface area contributed by atoms with Gasteiger partial charge in [-0.1, -0.05) is 26.0 Å². The van der Waals surface area contributed by atoms with E-state index in [2.05, 4.69) is 5.32 Å². The number of amides is 1. The normalized spacial score (nSPS) is 10.7. The third-order valence-corrected chi connectivity index (χ3v) is 3.64. The number of nitrogens with one attached hydrogen (secondary N) is 1. The number of hydrogen-bond acceptors (Lipinski definition) is 4. The average molecular weight is 345 g/mol. The Labute approximate surface area is 146 Å². The topological polar surface area (TPSA) is 88.8 Å². The predicted octanol–water partition coefficient (Wildman–Crippen LogP) is 3.58. The van der Waals surface area contributed by atoms with Crippen LogP contribution in [0.1, 0.15) is 54.3 Å². The van der Waals surface area contributed by atoms with Crippen molar-refractivity contribution in [3.63, 3.8) is 0 Å². The lowest BCUT2D eigenvalue weighted by Crippen LogP contribution is -2.23. The van der Waals surface area contributed by atoms with Crippen molar-refractivity contribution in [1.29, 1.82) is 0 Å². The molecule has 1 aromatic carbocycles. The fourth-order valence-corrected chi connectivity index (χ4v) is 2.35. The Hall–Kier alpha value is -2.76. The van der Waals surface area contributed by atoms with Gasteiger partial charge in [-0.25, -0.2) is 0 Å². The van der Waals surface area contributed by atoms with Crippen LogP contribution < -0.4 is 10.1 Å². The molecule has 0 atom stereocenters. The second-order valence-electron chi connectivity index (χ2n) is 6.03. The van der Waals surface area contributed by atoms with E-state index in [0.29, 0.717) is 36.6 Å².